The Morgan fingerprint density at radius 1 is 1.08 bits per heavy atom. The van der Waals surface area contributed by atoms with E-state index in [1.807, 2.05) is 12.1 Å². The number of fused-ring (bicyclic) bond motifs is 1. The SMILES string of the molecule is CCOP(=O)(Cc1cc(=O)oc2ccc(C(C)(C)C)cc12)OCC. The maximum Gasteiger partial charge on any atom is 0.336 e. The van der Waals surface area contributed by atoms with Gasteiger partial charge in [0.15, 0.2) is 0 Å². The van der Waals surface area contributed by atoms with Crippen molar-refractivity contribution in [3.63, 3.8) is 0 Å². The quantitative estimate of drug-likeness (QED) is 0.549. The van der Waals surface area contributed by atoms with Crippen LogP contribution < -0.4 is 5.63 Å². The molecule has 2 aromatic rings. The molecule has 0 aliphatic carbocycles. The fourth-order valence-electron chi connectivity index (χ4n) is 2.56. The molecular formula is C18H25O5P. The largest absolute Gasteiger partial charge is 0.423 e. The minimum atomic E-state index is -3.30. The molecule has 0 saturated heterocycles. The van der Waals surface area contributed by atoms with Crippen LogP contribution >= 0.6 is 7.60 Å². The fourth-order valence-corrected chi connectivity index (χ4v) is 4.28. The van der Waals surface area contributed by atoms with Crippen LogP contribution in [0.1, 0.15) is 45.7 Å². The third-order valence-corrected chi connectivity index (χ3v) is 5.74. The van der Waals surface area contributed by atoms with Gasteiger partial charge >= 0.3 is 13.2 Å². The van der Waals surface area contributed by atoms with Gasteiger partial charge in [-0.3, -0.25) is 4.57 Å². The lowest BCUT2D eigenvalue weighted by atomic mass is 9.86. The second-order valence-corrected chi connectivity index (χ2v) is 8.71. The normalized spacial score (nSPS) is 12.7. The summed E-state index contributed by atoms with van der Waals surface area (Å²) in [7, 11) is -3.30. The zero-order valence-corrected chi connectivity index (χ0v) is 15.8. The van der Waals surface area contributed by atoms with E-state index >= 15 is 0 Å². The highest BCUT2D eigenvalue weighted by Gasteiger charge is 2.26. The number of benzene rings is 1. The van der Waals surface area contributed by atoms with Crippen LogP contribution in [0.3, 0.4) is 0 Å². The van der Waals surface area contributed by atoms with Crippen molar-refractivity contribution in [2.24, 2.45) is 0 Å². The maximum atomic E-state index is 12.8. The van der Waals surface area contributed by atoms with E-state index in [9.17, 15) is 9.36 Å². The molecule has 5 nitrogen and oxygen atoms in total. The van der Waals surface area contributed by atoms with Gasteiger partial charge in [-0.15, -0.1) is 0 Å². The Morgan fingerprint density at radius 3 is 2.25 bits per heavy atom. The highest BCUT2D eigenvalue weighted by atomic mass is 31.2. The molecule has 0 spiro atoms. The van der Waals surface area contributed by atoms with E-state index in [1.165, 1.54) is 6.07 Å². The number of hydrogen-bond donors (Lipinski definition) is 0. The summed E-state index contributed by atoms with van der Waals surface area (Å²) in [5, 5.41) is 0.765. The second kappa shape index (κ2) is 7.22. The van der Waals surface area contributed by atoms with Crippen molar-refractivity contribution in [1.82, 2.24) is 0 Å². The molecule has 24 heavy (non-hydrogen) atoms. The minimum Gasteiger partial charge on any atom is -0.423 e. The van der Waals surface area contributed by atoms with Gasteiger partial charge in [-0.05, 0) is 42.5 Å². The molecule has 0 radical (unpaired) electrons. The Balaban J connectivity index is 2.59. The molecule has 132 valence electrons. The molecule has 1 aromatic carbocycles. The van der Waals surface area contributed by atoms with Crippen LogP contribution in [0.2, 0.25) is 0 Å². The van der Waals surface area contributed by atoms with Gasteiger partial charge < -0.3 is 13.5 Å². The highest BCUT2D eigenvalue weighted by molar-refractivity contribution is 7.53. The van der Waals surface area contributed by atoms with Crippen molar-refractivity contribution in [3.05, 3.63) is 45.8 Å². The van der Waals surface area contributed by atoms with Crippen LogP contribution in [0.25, 0.3) is 11.0 Å². The lowest BCUT2D eigenvalue weighted by Gasteiger charge is -2.21. The van der Waals surface area contributed by atoms with Crippen molar-refractivity contribution in [1.29, 1.82) is 0 Å². The molecule has 0 bridgehead atoms. The average molecular weight is 352 g/mol. The van der Waals surface area contributed by atoms with Gasteiger partial charge in [0.2, 0.25) is 0 Å². The third kappa shape index (κ3) is 4.35. The molecule has 6 heteroatoms. The molecule has 0 aliphatic rings. The first kappa shape index (κ1) is 18.9. The first-order valence-electron chi connectivity index (χ1n) is 8.14. The summed E-state index contributed by atoms with van der Waals surface area (Å²) in [4.78, 5) is 11.8. The summed E-state index contributed by atoms with van der Waals surface area (Å²) >= 11 is 0. The monoisotopic (exact) mass is 352 g/mol. The summed E-state index contributed by atoms with van der Waals surface area (Å²) in [5.41, 5.74) is 1.68. The van der Waals surface area contributed by atoms with E-state index in [0.717, 1.165) is 10.9 Å². The zero-order chi connectivity index (χ0) is 18.0. The molecule has 0 fully saturated rings. The first-order chi connectivity index (χ1) is 11.2. The number of rotatable bonds is 6. The van der Waals surface area contributed by atoms with Crippen LogP contribution in [0.15, 0.2) is 33.5 Å². The molecule has 0 N–H and O–H groups in total. The highest BCUT2D eigenvalue weighted by Crippen LogP contribution is 2.52. The Morgan fingerprint density at radius 2 is 1.71 bits per heavy atom. The maximum absolute atomic E-state index is 12.8. The Hall–Kier alpha value is -1.42. The smallest absolute Gasteiger partial charge is 0.336 e. The van der Waals surface area contributed by atoms with Crippen molar-refractivity contribution in [2.75, 3.05) is 13.2 Å². The van der Waals surface area contributed by atoms with Gasteiger partial charge in [-0.1, -0.05) is 26.8 Å². The standard InChI is InChI=1S/C18H25O5P/c1-6-21-24(20,22-7-2)12-13-10-17(19)23-16-9-8-14(11-15(13)16)18(3,4)5/h8-11H,6-7,12H2,1-5H3. The zero-order valence-electron chi connectivity index (χ0n) is 14.9. The Bertz CT molecular complexity index is 806. The molecule has 0 unspecified atom stereocenters. The van der Waals surface area contributed by atoms with Gasteiger partial charge in [-0.2, -0.15) is 0 Å². The fraction of sp³-hybridized carbons (Fsp3) is 0.500. The van der Waals surface area contributed by atoms with E-state index in [4.69, 9.17) is 13.5 Å². The predicted octanol–water partition coefficient (Wildman–Crippen LogP) is 4.86. The molecule has 1 aromatic heterocycles. The molecule has 0 atom stereocenters. The topological polar surface area (TPSA) is 65.7 Å². The van der Waals surface area contributed by atoms with Crippen LogP contribution in [0.5, 0.6) is 0 Å². The van der Waals surface area contributed by atoms with E-state index in [-0.39, 0.29) is 24.8 Å². The summed E-state index contributed by atoms with van der Waals surface area (Å²) < 4.78 is 28.8. The van der Waals surface area contributed by atoms with E-state index in [2.05, 4.69) is 20.8 Å². The molecular weight excluding hydrogens is 327 g/mol. The summed E-state index contributed by atoms with van der Waals surface area (Å²) in [5.74, 6) is 0. The van der Waals surface area contributed by atoms with Crippen molar-refractivity contribution in [3.8, 4) is 0 Å². The second-order valence-electron chi connectivity index (χ2n) is 6.66. The first-order valence-corrected chi connectivity index (χ1v) is 9.86. The van der Waals surface area contributed by atoms with E-state index in [0.29, 0.717) is 11.1 Å². The Kier molecular flexibility index (Phi) is 5.69. The van der Waals surface area contributed by atoms with Gasteiger partial charge in [0.1, 0.15) is 5.58 Å². The van der Waals surface area contributed by atoms with Crippen molar-refractivity contribution < 1.29 is 18.0 Å². The van der Waals surface area contributed by atoms with Crippen molar-refractivity contribution in [2.45, 2.75) is 46.2 Å². The predicted molar refractivity (Wildman–Crippen MR) is 95.7 cm³/mol. The van der Waals surface area contributed by atoms with Crippen LogP contribution in [0, 0.1) is 0 Å². The lowest BCUT2D eigenvalue weighted by Crippen LogP contribution is -2.11. The lowest BCUT2D eigenvalue weighted by molar-refractivity contribution is 0.219. The molecule has 0 saturated carbocycles. The average Bonchev–Trinajstić information content (AvgIpc) is 2.45. The minimum absolute atomic E-state index is 0.0460. The van der Waals surface area contributed by atoms with Crippen molar-refractivity contribution >= 4 is 18.6 Å². The van der Waals surface area contributed by atoms with E-state index in [1.54, 1.807) is 19.9 Å². The summed E-state index contributed by atoms with van der Waals surface area (Å²) in [6, 6.07) is 7.09. The van der Waals surface area contributed by atoms with Gasteiger partial charge in [0.25, 0.3) is 0 Å². The summed E-state index contributed by atoms with van der Waals surface area (Å²) in [6.45, 7) is 10.4. The molecule has 0 aliphatic heterocycles. The van der Waals surface area contributed by atoms with E-state index < -0.39 is 13.2 Å². The van der Waals surface area contributed by atoms with Gasteiger partial charge in [0, 0.05) is 11.5 Å². The molecule has 0 amide bonds. The van der Waals surface area contributed by atoms with Gasteiger partial charge in [0.05, 0.1) is 19.4 Å². The van der Waals surface area contributed by atoms with Crippen LogP contribution in [-0.4, -0.2) is 13.2 Å². The molecule has 1 heterocycles. The van der Waals surface area contributed by atoms with Crippen LogP contribution in [-0.2, 0) is 25.2 Å². The molecule has 2 rings (SSSR count). The number of hydrogen-bond acceptors (Lipinski definition) is 5. The summed E-state index contributed by atoms with van der Waals surface area (Å²) in [6.07, 6.45) is 0.0460. The third-order valence-electron chi connectivity index (χ3n) is 3.71. The van der Waals surface area contributed by atoms with Crippen LogP contribution in [0.4, 0.5) is 0 Å². The van der Waals surface area contributed by atoms with Gasteiger partial charge in [-0.25, -0.2) is 4.79 Å². The Labute approximate surface area is 142 Å².